The zero-order valence-electron chi connectivity index (χ0n) is 6.56. The third-order valence-electron chi connectivity index (χ3n) is 1.71. The summed E-state index contributed by atoms with van der Waals surface area (Å²) in [4.78, 5) is 20.0. The van der Waals surface area contributed by atoms with Gasteiger partial charge in [0.15, 0.2) is 12.0 Å². The van der Waals surface area contributed by atoms with Gasteiger partial charge >= 0.3 is 5.97 Å². The lowest BCUT2D eigenvalue weighted by molar-refractivity contribution is -0.154. The van der Waals surface area contributed by atoms with Gasteiger partial charge in [-0.15, -0.1) is 0 Å². The van der Waals surface area contributed by atoms with Crippen LogP contribution in [0.4, 0.5) is 0 Å². The van der Waals surface area contributed by atoms with Crippen LogP contribution in [0.15, 0.2) is 30.5 Å². The van der Waals surface area contributed by atoms with E-state index >= 15 is 0 Å². The smallest absolute Gasteiger partial charge is 0.339 e. The van der Waals surface area contributed by atoms with Crippen molar-refractivity contribution < 1.29 is 19.7 Å². The molecule has 0 amide bonds. The van der Waals surface area contributed by atoms with Gasteiger partial charge in [-0.25, -0.2) is 4.79 Å². The van der Waals surface area contributed by atoms with Crippen molar-refractivity contribution in [3.05, 3.63) is 36.1 Å². The van der Waals surface area contributed by atoms with E-state index in [1.54, 1.807) is 24.3 Å². The van der Waals surface area contributed by atoms with Crippen LogP contribution in [-0.2, 0) is 9.68 Å². The van der Waals surface area contributed by atoms with Crippen LogP contribution >= 0.6 is 0 Å². The van der Waals surface area contributed by atoms with Crippen LogP contribution < -0.4 is 4.89 Å². The van der Waals surface area contributed by atoms with Gasteiger partial charge in [0.2, 0.25) is 0 Å². The fourth-order valence-corrected chi connectivity index (χ4v) is 1.11. The third kappa shape index (κ3) is 1.22. The van der Waals surface area contributed by atoms with Crippen LogP contribution in [0, 0.1) is 0 Å². The molecule has 1 aromatic carbocycles. The molecule has 1 aliphatic rings. The molecule has 1 heterocycles. The zero-order valence-corrected chi connectivity index (χ0v) is 6.56. The molecule has 0 saturated carbocycles. The van der Waals surface area contributed by atoms with Crippen molar-refractivity contribution in [2.24, 2.45) is 0 Å². The summed E-state index contributed by atoms with van der Waals surface area (Å²) in [5, 5.41) is 8.78. The van der Waals surface area contributed by atoms with E-state index in [0.717, 1.165) is 6.26 Å². The first kappa shape index (κ1) is 7.67. The number of hydrogen-bond donors (Lipinski definition) is 1. The van der Waals surface area contributed by atoms with Crippen LogP contribution in [0.3, 0.4) is 0 Å². The minimum absolute atomic E-state index is 0.0989. The highest BCUT2D eigenvalue weighted by molar-refractivity contribution is 6.16. The average molecular weight is 178 g/mol. The summed E-state index contributed by atoms with van der Waals surface area (Å²) in [6.07, 6.45) is 1.07. The molecule has 0 bridgehead atoms. The summed E-state index contributed by atoms with van der Waals surface area (Å²) >= 11 is 0. The highest BCUT2D eigenvalue weighted by atomic mass is 17.2. The minimum atomic E-state index is -1.03. The maximum Gasteiger partial charge on any atom is 0.339 e. The van der Waals surface area contributed by atoms with E-state index < -0.39 is 5.97 Å². The first-order chi connectivity index (χ1) is 6.29. The topological polar surface area (TPSA) is 55.8 Å². The number of rotatable bonds is 1. The number of para-hydroxylation sites is 1. The monoisotopic (exact) mass is 178 g/mol. The Morgan fingerprint density at radius 3 is 2.85 bits per heavy atom. The predicted octanol–water partition coefficient (Wildman–Crippen LogP) is 1.44. The largest absolute Gasteiger partial charge is 0.478 e. The van der Waals surface area contributed by atoms with E-state index in [2.05, 4.69) is 4.89 Å². The molecular weight excluding hydrogens is 172 g/mol. The van der Waals surface area contributed by atoms with Crippen molar-refractivity contribution >= 4 is 11.5 Å². The molecule has 0 fully saturated rings. The van der Waals surface area contributed by atoms with Crippen molar-refractivity contribution in [2.75, 3.05) is 0 Å². The molecule has 0 radical (unpaired) electrons. The molecule has 4 nitrogen and oxygen atoms in total. The minimum Gasteiger partial charge on any atom is -0.478 e. The number of benzene rings is 1. The lowest BCUT2D eigenvalue weighted by Gasteiger charge is -2.13. The summed E-state index contributed by atoms with van der Waals surface area (Å²) in [6.45, 7) is 0. The average Bonchev–Trinajstić information content (AvgIpc) is 2.17. The van der Waals surface area contributed by atoms with Crippen molar-refractivity contribution in [1.82, 2.24) is 0 Å². The number of carbonyl (C=O) groups is 1. The van der Waals surface area contributed by atoms with Gasteiger partial charge in [0.05, 0.1) is 0 Å². The van der Waals surface area contributed by atoms with Crippen LogP contribution in [0.25, 0.3) is 5.57 Å². The third-order valence-corrected chi connectivity index (χ3v) is 1.71. The Balaban J connectivity index is 2.53. The number of fused-ring (bicyclic) bond motifs is 1. The van der Waals surface area contributed by atoms with Crippen LogP contribution in [0.1, 0.15) is 5.56 Å². The van der Waals surface area contributed by atoms with Crippen molar-refractivity contribution in [3.63, 3.8) is 0 Å². The molecule has 0 aliphatic carbocycles. The van der Waals surface area contributed by atoms with Gasteiger partial charge < -0.3 is 5.11 Å². The highest BCUT2D eigenvalue weighted by Crippen LogP contribution is 2.29. The SMILES string of the molecule is O=C(O)C1=COOc2ccccc21. The van der Waals surface area contributed by atoms with Crippen LogP contribution in [-0.4, -0.2) is 11.1 Å². The van der Waals surface area contributed by atoms with Crippen molar-refractivity contribution in [1.29, 1.82) is 0 Å². The van der Waals surface area contributed by atoms with Gasteiger partial charge in [-0.1, -0.05) is 18.2 Å². The maximum atomic E-state index is 10.7. The fraction of sp³-hybridized carbons (Fsp3) is 0. The normalized spacial score (nSPS) is 13.4. The van der Waals surface area contributed by atoms with Gasteiger partial charge in [-0.05, 0) is 6.07 Å². The summed E-state index contributed by atoms with van der Waals surface area (Å²) in [7, 11) is 0. The first-order valence-electron chi connectivity index (χ1n) is 3.65. The van der Waals surface area contributed by atoms with E-state index in [9.17, 15) is 4.79 Å². The van der Waals surface area contributed by atoms with Gasteiger partial charge in [0.1, 0.15) is 5.57 Å². The van der Waals surface area contributed by atoms with Gasteiger partial charge in [-0.3, -0.25) is 9.78 Å². The van der Waals surface area contributed by atoms with Crippen molar-refractivity contribution in [2.45, 2.75) is 0 Å². The molecule has 2 rings (SSSR count). The second kappa shape index (κ2) is 2.82. The van der Waals surface area contributed by atoms with E-state index in [1.165, 1.54) is 0 Å². The fourth-order valence-electron chi connectivity index (χ4n) is 1.11. The van der Waals surface area contributed by atoms with E-state index in [1.807, 2.05) is 0 Å². The molecule has 13 heavy (non-hydrogen) atoms. The second-order valence-electron chi connectivity index (χ2n) is 2.51. The van der Waals surface area contributed by atoms with Gasteiger partial charge in [0.25, 0.3) is 0 Å². The van der Waals surface area contributed by atoms with E-state index in [0.29, 0.717) is 11.3 Å². The standard InChI is InChI=1S/C9H6O4/c10-9(11)7-5-12-13-8-4-2-1-3-6(7)8/h1-5H,(H,10,11). The lowest BCUT2D eigenvalue weighted by atomic mass is 10.1. The van der Waals surface area contributed by atoms with Gasteiger partial charge in [0, 0.05) is 5.56 Å². The zero-order chi connectivity index (χ0) is 9.26. The molecule has 1 aromatic rings. The summed E-state index contributed by atoms with van der Waals surface area (Å²) in [5.41, 5.74) is 0.628. The Bertz CT molecular complexity index is 381. The first-order valence-corrected chi connectivity index (χ1v) is 3.65. The number of carboxylic acids is 1. The van der Waals surface area contributed by atoms with Gasteiger partial charge in [-0.2, -0.15) is 0 Å². The lowest BCUT2D eigenvalue weighted by Crippen LogP contribution is -2.08. The van der Waals surface area contributed by atoms with E-state index in [4.69, 9.17) is 9.99 Å². The van der Waals surface area contributed by atoms with Crippen LogP contribution in [0.5, 0.6) is 5.75 Å². The Labute approximate surface area is 73.9 Å². The number of carboxylic acid groups (broad SMARTS) is 1. The molecule has 1 N–H and O–H groups in total. The Morgan fingerprint density at radius 1 is 1.31 bits per heavy atom. The second-order valence-corrected chi connectivity index (χ2v) is 2.51. The summed E-state index contributed by atoms with van der Waals surface area (Å²) in [5.74, 6) is -0.613. The molecule has 0 atom stereocenters. The Morgan fingerprint density at radius 2 is 2.08 bits per heavy atom. The molecule has 0 spiro atoms. The molecular formula is C9H6O4. The number of aliphatic carboxylic acids is 1. The molecule has 0 unspecified atom stereocenters. The predicted molar refractivity (Wildman–Crippen MR) is 43.8 cm³/mol. The quantitative estimate of drug-likeness (QED) is 0.661. The Hall–Kier alpha value is -1.97. The summed E-state index contributed by atoms with van der Waals surface area (Å²) < 4.78 is 0. The van der Waals surface area contributed by atoms with Crippen LogP contribution in [0.2, 0.25) is 0 Å². The molecule has 0 saturated heterocycles. The van der Waals surface area contributed by atoms with Crippen molar-refractivity contribution in [3.8, 4) is 5.75 Å². The number of hydrogen-bond acceptors (Lipinski definition) is 3. The highest BCUT2D eigenvalue weighted by Gasteiger charge is 2.20. The molecule has 4 heteroatoms. The summed E-state index contributed by atoms with van der Waals surface area (Å²) in [6, 6.07) is 6.79. The maximum absolute atomic E-state index is 10.7. The molecule has 1 aliphatic heterocycles. The molecule has 0 aromatic heterocycles. The van der Waals surface area contributed by atoms with E-state index in [-0.39, 0.29) is 5.57 Å². The Kier molecular flexibility index (Phi) is 1.66. The molecule has 66 valence electrons.